The first-order chi connectivity index (χ1) is 24.2. The van der Waals surface area contributed by atoms with Gasteiger partial charge in [-0.25, -0.2) is 0 Å². The lowest BCUT2D eigenvalue weighted by molar-refractivity contribution is -0.134. The standard InChI is InChI=1S/C39H44N4O7/c1-6-10-31(45)50-37-22(3)38-39(49-20-48-38)33-25(37)17-27-34-32-24(15-21(2)36(47-5)35(32)46)16-26(42(34)4)28(18-40)43(27)29(33)19-41-30(44)14-13-23-11-8-7-9-12-23/h7-9,11-12,15,26-29,34,46H,6,10,13-14,16-17,19-20H2,1-5H3,(H,41,44)/t26?,27-,28-,29-,34?/m0/s1. The zero-order valence-corrected chi connectivity index (χ0v) is 29.2. The molecule has 2 bridgehead atoms. The number of carbonyl (C=O) groups is 2. The van der Waals surface area contributed by atoms with Gasteiger partial charge in [-0.05, 0) is 63.3 Å². The number of piperazine rings is 1. The van der Waals surface area contributed by atoms with Crippen LogP contribution in [-0.2, 0) is 28.9 Å². The van der Waals surface area contributed by atoms with Crippen LogP contribution in [0.25, 0.3) is 0 Å². The molecule has 4 aliphatic rings. The number of rotatable bonds is 9. The third-order valence-corrected chi connectivity index (χ3v) is 10.9. The van der Waals surface area contributed by atoms with Crippen LogP contribution >= 0.6 is 0 Å². The average Bonchev–Trinajstić information content (AvgIpc) is 3.59. The second kappa shape index (κ2) is 13.5. The Balaban J connectivity index is 1.37. The van der Waals surface area contributed by atoms with Gasteiger partial charge in [0.15, 0.2) is 23.0 Å². The van der Waals surface area contributed by atoms with Gasteiger partial charge in [0.05, 0.1) is 25.3 Å². The molecule has 0 aromatic heterocycles. The van der Waals surface area contributed by atoms with E-state index in [9.17, 15) is 20.0 Å². The largest absolute Gasteiger partial charge is 0.504 e. The number of amides is 1. The first kappa shape index (κ1) is 33.7. The Hall–Kier alpha value is -4.79. The maximum Gasteiger partial charge on any atom is 0.311 e. The van der Waals surface area contributed by atoms with Gasteiger partial charge in [-0.15, -0.1) is 0 Å². The van der Waals surface area contributed by atoms with Gasteiger partial charge in [0.1, 0.15) is 11.8 Å². The Morgan fingerprint density at radius 2 is 1.82 bits per heavy atom. The molecule has 4 aliphatic heterocycles. The third-order valence-electron chi connectivity index (χ3n) is 10.9. The number of hydrogen-bond acceptors (Lipinski definition) is 10. The zero-order chi connectivity index (χ0) is 35.3. The highest BCUT2D eigenvalue weighted by Gasteiger charge is 2.56. The van der Waals surface area contributed by atoms with Gasteiger partial charge < -0.3 is 29.4 Å². The first-order valence-electron chi connectivity index (χ1n) is 17.4. The molecule has 4 heterocycles. The Kier molecular flexibility index (Phi) is 9.09. The van der Waals surface area contributed by atoms with Crippen molar-refractivity contribution in [3.8, 4) is 34.8 Å². The fourth-order valence-corrected chi connectivity index (χ4v) is 8.74. The molecular weight excluding hydrogens is 636 g/mol. The smallest absolute Gasteiger partial charge is 0.311 e. The molecule has 0 spiro atoms. The van der Waals surface area contributed by atoms with E-state index in [0.717, 1.165) is 33.4 Å². The quantitative estimate of drug-likeness (QED) is 0.236. The van der Waals surface area contributed by atoms with E-state index in [0.29, 0.717) is 60.7 Å². The van der Waals surface area contributed by atoms with Gasteiger partial charge in [0, 0.05) is 53.7 Å². The van der Waals surface area contributed by atoms with E-state index >= 15 is 0 Å². The lowest BCUT2D eigenvalue weighted by Gasteiger charge is -2.60. The predicted octanol–water partition coefficient (Wildman–Crippen LogP) is 4.97. The van der Waals surface area contributed by atoms with Crippen molar-refractivity contribution in [3.05, 3.63) is 75.3 Å². The molecule has 3 aromatic rings. The minimum absolute atomic E-state index is 0.00458. The molecule has 1 amide bonds. The van der Waals surface area contributed by atoms with E-state index in [1.54, 1.807) is 7.11 Å². The van der Waals surface area contributed by atoms with Gasteiger partial charge in [-0.1, -0.05) is 43.3 Å². The topological polar surface area (TPSA) is 134 Å². The maximum atomic E-state index is 13.4. The molecule has 0 aliphatic carbocycles. The summed E-state index contributed by atoms with van der Waals surface area (Å²) in [6.45, 7) is 5.90. The van der Waals surface area contributed by atoms with Crippen LogP contribution in [0.1, 0.15) is 77.2 Å². The number of ether oxygens (including phenoxy) is 4. The number of nitriles is 1. The number of fused-ring (bicyclic) bond motifs is 9. The van der Waals surface area contributed by atoms with E-state index in [1.807, 2.05) is 58.2 Å². The molecular formula is C39H44N4O7. The van der Waals surface area contributed by atoms with Crippen LogP contribution in [0.5, 0.6) is 28.7 Å². The molecule has 2 unspecified atom stereocenters. The van der Waals surface area contributed by atoms with Crippen molar-refractivity contribution in [2.24, 2.45) is 0 Å². The van der Waals surface area contributed by atoms with Crippen molar-refractivity contribution in [3.63, 3.8) is 0 Å². The van der Waals surface area contributed by atoms with Crippen LogP contribution in [-0.4, -0.2) is 72.4 Å². The summed E-state index contributed by atoms with van der Waals surface area (Å²) >= 11 is 0. The Morgan fingerprint density at radius 3 is 2.54 bits per heavy atom. The highest BCUT2D eigenvalue weighted by Crippen LogP contribution is 2.58. The molecule has 2 N–H and O–H groups in total. The van der Waals surface area contributed by atoms with Gasteiger partial charge in [0.2, 0.25) is 12.7 Å². The van der Waals surface area contributed by atoms with Gasteiger partial charge in [0.25, 0.3) is 0 Å². The van der Waals surface area contributed by atoms with Gasteiger partial charge >= 0.3 is 5.97 Å². The van der Waals surface area contributed by atoms with Gasteiger partial charge in [-0.3, -0.25) is 19.4 Å². The number of carbonyl (C=O) groups excluding carboxylic acids is 2. The average molecular weight is 681 g/mol. The molecule has 11 heteroatoms. The molecule has 262 valence electrons. The summed E-state index contributed by atoms with van der Waals surface area (Å²) in [6.07, 6.45) is 2.73. The SMILES string of the molecule is CCCC(=O)Oc1c(C)c2c(c3c1C[C@H]1C4c5c(cc(C)c(OC)c5O)CC([C@H](C#N)N1[C@H]3CNC(=O)CCc1ccccc1)N4C)OCO2. The van der Waals surface area contributed by atoms with Gasteiger partial charge in [-0.2, -0.15) is 5.26 Å². The van der Waals surface area contributed by atoms with E-state index in [-0.39, 0.29) is 55.5 Å². The minimum Gasteiger partial charge on any atom is -0.504 e. The number of benzene rings is 3. The molecule has 7 rings (SSSR count). The second-order valence-electron chi connectivity index (χ2n) is 13.8. The number of nitrogens with zero attached hydrogens (tertiary/aromatic N) is 3. The fraction of sp³-hybridized carbons (Fsp3) is 0.462. The summed E-state index contributed by atoms with van der Waals surface area (Å²) in [7, 11) is 3.56. The Morgan fingerprint density at radius 1 is 1.06 bits per heavy atom. The molecule has 1 saturated heterocycles. The summed E-state index contributed by atoms with van der Waals surface area (Å²) < 4.78 is 24.0. The number of nitrogens with one attached hydrogen (secondary N) is 1. The second-order valence-corrected chi connectivity index (χ2v) is 13.8. The number of aryl methyl sites for hydroxylation is 2. The van der Waals surface area contributed by atoms with Crippen molar-refractivity contribution >= 4 is 11.9 Å². The lowest BCUT2D eigenvalue weighted by atomic mass is 9.71. The van der Waals surface area contributed by atoms with Crippen LogP contribution in [0.4, 0.5) is 0 Å². The summed E-state index contributed by atoms with van der Waals surface area (Å²) in [5.74, 6) is 1.56. The van der Waals surface area contributed by atoms with Crippen LogP contribution in [0, 0.1) is 25.2 Å². The summed E-state index contributed by atoms with van der Waals surface area (Å²) in [4.78, 5) is 30.9. The molecule has 50 heavy (non-hydrogen) atoms. The fourth-order valence-electron chi connectivity index (χ4n) is 8.74. The number of aromatic hydroxyl groups is 1. The van der Waals surface area contributed by atoms with Crippen molar-refractivity contribution in [2.45, 2.75) is 89.5 Å². The van der Waals surface area contributed by atoms with Crippen LogP contribution in [0.3, 0.4) is 0 Å². The van der Waals surface area contributed by atoms with Crippen LogP contribution in [0.15, 0.2) is 36.4 Å². The third kappa shape index (κ3) is 5.51. The van der Waals surface area contributed by atoms with E-state index in [4.69, 9.17) is 18.9 Å². The number of phenolic OH excluding ortho intramolecular Hbond substituents is 1. The number of esters is 1. The van der Waals surface area contributed by atoms with Crippen molar-refractivity contribution in [2.75, 3.05) is 27.5 Å². The first-order valence-corrected chi connectivity index (χ1v) is 17.4. The van der Waals surface area contributed by atoms with E-state index < -0.39 is 12.1 Å². The number of methoxy groups -OCH3 is 1. The van der Waals surface area contributed by atoms with E-state index in [1.165, 1.54) is 0 Å². The molecule has 1 fully saturated rings. The zero-order valence-electron chi connectivity index (χ0n) is 29.2. The summed E-state index contributed by atoms with van der Waals surface area (Å²) in [6, 6.07) is 12.6. The van der Waals surface area contributed by atoms with Crippen molar-refractivity contribution < 1.29 is 33.6 Å². The molecule has 5 atom stereocenters. The van der Waals surface area contributed by atoms with Crippen LogP contribution < -0.4 is 24.3 Å². The minimum atomic E-state index is -0.566. The summed E-state index contributed by atoms with van der Waals surface area (Å²) in [5.41, 5.74) is 5.88. The van der Waals surface area contributed by atoms with Crippen molar-refractivity contribution in [1.29, 1.82) is 5.26 Å². The monoisotopic (exact) mass is 680 g/mol. The molecule has 0 radical (unpaired) electrons. The molecule has 3 aromatic carbocycles. The predicted molar refractivity (Wildman–Crippen MR) is 184 cm³/mol. The lowest BCUT2D eigenvalue weighted by Crippen LogP contribution is -2.68. The Bertz CT molecular complexity index is 1870. The molecule has 0 saturated carbocycles. The summed E-state index contributed by atoms with van der Waals surface area (Å²) in [5, 5.41) is 25.9. The van der Waals surface area contributed by atoms with Crippen molar-refractivity contribution in [1.82, 2.24) is 15.1 Å². The van der Waals surface area contributed by atoms with E-state index in [2.05, 4.69) is 27.3 Å². The normalized spacial score (nSPS) is 23.2. The maximum absolute atomic E-state index is 13.4. The number of likely N-dealkylation sites (N-methyl/N-ethyl adjacent to an activating group) is 1. The number of phenols is 1. The Labute approximate surface area is 292 Å². The number of hydrogen-bond donors (Lipinski definition) is 2. The molecule has 11 nitrogen and oxygen atoms in total. The highest BCUT2D eigenvalue weighted by molar-refractivity contribution is 5.77. The van der Waals surface area contributed by atoms with Crippen LogP contribution in [0.2, 0.25) is 0 Å². The highest BCUT2D eigenvalue weighted by atomic mass is 16.7.